The maximum absolute atomic E-state index is 14.1. The minimum absolute atomic E-state index is 0.116. The molecule has 0 unspecified atom stereocenters. The molecule has 8 heteroatoms. The van der Waals surface area contributed by atoms with Crippen molar-refractivity contribution < 1.29 is 17.5 Å². The predicted octanol–water partition coefficient (Wildman–Crippen LogP) is 3.58. The summed E-state index contributed by atoms with van der Waals surface area (Å²) in [5, 5.41) is 1.90. The molecule has 120 valence electrons. The Hall–Kier alpha value is -0.800. The van der Waals surface area contributed by atoms with E-state index in [1.807, 2.05) is 11.4 Å². The van der Waals surface area contributed by atoms with E-state index in [9.17, 15) is 12.8 Å². The fourth-order valence-corrected chi connectivity index (χ4v) is 4.20. The molecule has 4 nitrogen and oxygen atoms in total. The Morgan fingerprint density at radius 2 is 2.14 bits per heavy atom. The Morgan fingerprint density at radius 3 is 2.82 bits per heavy atom. The van der Waals surface area contributed by atoms with Crippen LogP contribution in [-0.4, -0.2) is 15.5 Å². The zero-order valence-electron chi connectivity index (χ0n) is 12.0. The first-order chi connectivity index (χ1) is 10.3. The molecule has 2 aromatic rings. The van der Waals surface area contributed by atoms with Gasteiger partial charge in [-0.25, -0.2) is 17.5 Å². The van der Waals surface area contributed by atoms with E-state index in [4.69, 9.17) is 4.74 Å². The van der Waals surface area contributed by atoms with E-state index in [2.05, 4.69) is 20.7 Å². The normalized spacial score (nSPS) is 11.8. The molecule has 0 saturated heterocycles. The fourth-order valence-electron chi connectivity index (χ4n) is 1.85. The van der Waals surface area contributed by atoms with Crippen LogP contribution in [0.15, 0.2) is 32.9 Å². The van der Waals surface area contributed by atoms with E-state index in [1.165, 1.54) is 30.4 Å². The van der Waals surface area contributed by atoms with Gasteiger partial charge in [-0.3, -0.25) is 0 Å². The van der Waals surface area contributed by atoms with Crippen LogP contribution < -0.4 is 4.72 Å². The molecular formula is C14H15BrFNO3S2. The molecule has 0 bridgehead atoms. The number of hydrogen-bond acceptors (Lipinski definition) is 4. The molecule has 0 aliphatic heterocycles. The van der Waals surface area contributed by atoms with Crippen molar-refractivity contribution in [1.29, 1.82) is 0 Å². The van der Waals surface area contributed by atoms with Gasteiger partial charge in [0.25, 0.3) is 0 Å². The molecule has 1 aromatic heterocycles. The Morgan fingerprint density at radius 1 is 1.41 bits per heavy atom. The zero-order chi connectivity index (χ0) is 16.3. The summed E-state index contributed by atoms with van der Waals surface area (Å²) in [6.07, 6.45) is 0. The van der Waals surface area contributed by atoms with Gasteiger partial charge in [0.05, 0.1) is 6.61 Å². The van der Waals surface area contributed by atoms with Gasteiger partial charge in [-0.05, 0) is 36.1 Å². The van der Waals surface area contributed by atoms with Crippen LogP contribution in [0, 0.1) is 12.7 Å². The minimum Gasteiger partial charge on any atom is -0.380 e. The summed E-state index contributed by atoms with van der Waals surface area (Å²) >= 11 is 4.60. The molecule has 1 N–H and O–H groups in total. The van der Waals surface area contributed by atoms with Gasteiger partial charge in [0.15, 0.2) is 0 Å². The molecule has 1 heterocycles. The number of thiophene rings is 1. The number of sulfonamides is 1. The second kappa shape index (κ2) is 7.18. The zero-order valence-corrected chi connectivity index (χ0v) is 15.2. The highest BCUT2D eigenvalue weighted by Gasteiger charge is 2.21. The van der Waals surface area contributed by atoms with Gasteiger partial charge in [-0.2, -0.15) is 0 Å². The molecule has 1 aromatic carbocycles. The van der Waals surface area contributed by atoms with Gasteiger partial charge < -0.3 is 4.74 Å². The number of ether oxygens (including phenoxy) is 1. The molecular weight excluding hydrogens is 393 g/mol. The lowest BCUT2D eigenvalue weighted by molar-refractivity contribution is 0.185. The first kappa shape index (κ1) is 17.6. The van der Waals surface area contributed by atoms with Gasteiger partial charge in [-0.15, -0.1) is 11.3 Å². The van der Waals surface area contributed by atoms with Crippen LogP contribution in [0.1, 0.15) is 16.0 Å². The van der Waals surface area contributed by atoms with Crippen molar-refractivity contribution in [3.63, 3.8) is 0 Å². The van der Waals surface area contributed by atoms with E-state index in [0.29, 0.717) is 11.1 Å². The molecule has 0 spiro atoms. The molecule has 0 fully saturated rings. The highest BCUT2D eigenvalue weighted by molar-refractivity contribution is 9.10. The molecule has 0 amide bonds. The SMILES string of the molecule is COCc1csc(CNS(=O)(=O)c2ccc(Br)c(C)c2F)c1. The van der Waals surface area contributed by atoms with Crippen LogP contribution in [0.4, 0.5) is 4.39 Å². The van der Waals surface area contributed by atoms with Crippen molar-refractivity contribution in [3.05, 3.63) is 49.9 Å². The Kier molecular flexibility index (Phi) is 5.73. The summed E-state index contributed by atoms with van der Waals surface area (Å²) in [5.41, 5.74) is 1.24. The summed E-state index contributed by atoms with van der Waals surface area (Å²) in [7, 11) is -2.31. The molecule has 0 saturated carbocycles. The largest absolute Gasteiger partial charge is 0.380 e. The standard InChI is InChI=1S/C14H15BrFNO3S2/c1-9-12(15)3-4-13(14(9)16)22(18,19)17-6-11-5-10(7-20-2)8-21-11/h3-5,8,17H,6-7H2,1-2H3. The van der Waals surface area contributed by atoms with E-state index >= 15 is 0 Å². The quantitative estimate of drug-likeness (QED) is 0.795. The lowest BCUT2D eigenvalue weighted by atomic mass is 10.2. The number of rotatable bonds is 6. The molecule has 0 aliphatic rings. The topological polar surface area (TPSA) is 55.4 Å². The van der Waals surface area contributed by atoms with Gasteiger partial charge in [-0.1, -0.05) is 15.9 Å². The third-order valence-corrected chi connectivity index (χ3v) is 6.29. The van der Waals surface area contributed by atoms with Crippen molar-refractivity contribution in [2.45, 2.75) is 25.0 Å². The van der Waals surface area contributed by atoms with E-state index in [0.717, 1.165) is 10.4 Å². The second-order valence-corrected chi connectivity index (χ2v) is 8.25. The highest BCUT2D eigenvalue weighted by atomic mass is 79.9. The van der Waals surface area contributed by atoms with Gasteiger partial charge >= 0.3 is 0 Å². The third-order valence-electron chi connectivity index (χ3n) is 3.03. The first-order valence-corrected chi connectivity index (χ1v) is 9.50. The molecule has 2 rings (SSSR count). The predicted molar refractivity (Wildman–Crippen MR) is 87.9 cm³/mol. The van der Waals surface area contributed by atoms with Gasteiger partial charge in [0.2, 0.25) is 10.0 Å². The average molecular weight is 408 g/mol. The van der Waals surface area contributed by atoms with Crippen LogP contribution in [0.5, 0.6) is 0 Å². The molecule has 22 heavy (non-hydrogen) atoms. The van der Waals surface area contributed by atoms with Crippen LogP contribution in [-0.2, 0) is 27.9 Å². The lowest BCUT2D eigenvalue weighted by Crippen LogP contribution is -2.24. The summed E-state index contributed by atoms with van der Waals surface area (Å²) < 4.78 is 46.6. The maximum atomic E-state index is 14.1. The smallest absolute Gasteiger partial charge is 0.243 e. The van der Waals surface area contributed by atoms with Crippen LogP contribution >= 0.6 is 27.3 Å². The van der Waals surface area contributed by atoms with Crippen molar-refractivity contribution >= 4 is 37.3 Å². The number of halogens is 2. The van der Waals surface area contributed by atoms with Crippen molar-refractivity contribution in [1.82, 2.24) is 4.72 Å². The Bertz CT molecular complexity index is 774. The summed E-state index contributed by atoms with van der Waals surface area (Å²) in [6.45, 7) is 2.11. The summed E-state index contributed by atoms with van der Waals surface area (Å²) in [4.78, 5) is 0.492. The maximum Gasteiger partial charge on any atom is 0.243 e. The fraction of sp³-hybridized carbons (Fsp3) is 0.286. The third kappa shape index (κ3) is 3.94. The van der Waals surface area contributed by atoms with Crippen molar-refractivity contribution in [2.75, 3.05) is 7.11 Å². The van der Waals surface area contributed by atoms with Crippen LogP contribution in [0.3, 0.4) is 0 Å². The summed E-state index contributed by atoms with van der Waals surface area (Å²) in [5.74, 6) is -0.742. The van der Waals surface area contributed by atoms with Gasteiger partial charge in [0, 0.05) is 28.6 Å². The van der Waals surface area contributed by atoms with Crippen LogP contribution in [0.2, 0.25) is 0 Å². The molecule has 0 aliphatic carbocycles. The number of benzene rings is 1. The van der Waals surface area contributed by atoms with Crippen molar-refractivity contribution in [3.8, 4) is 0 Å². The Balaban J connectivity index is 2.16. The van der Waals surface area contributed by atoms with E-state index < -0.39 is 15.8 Å². The molecule has 0 radical (unpaired) electrons. The van der Waals surface area contributed by atoms with Gasteiger partial charge in [0.1, 0.15) is 10.7 Å². The lowest BCUT2D eigenvalue weighted by Gasteiger charge is -2.09. The number of hydrogen-bond donors (Lipinski definition) is 1. The van der Waals surface area contributed by atoms with Crippen molar-refractivity contribution in [2.24, 2.45) is 0 Å². The first-order valence-electron chi connectivity index (χ1n) is 6.34. The highest BCUT2D eigenvalue weighted by Crippen LogP contribution is 2.25. The average Bonchev–Trinajstić information content (AvgIpc) is 2.91. The van der Waals surface area contributed by atoms with E-state index in [-0.39, 0.29) is 17.0 Å². The summed E-state index contributed by atoms with van der Waals surface area (Å²) in [6, 6.07) is 4.63. The monoisotopic (exact) mass is 407 g/mol. The minimum atomic E-state index is -3.90. The Labute approximate surface area is 141 Å². The molecule has 0 atom stereocenters. The number of methoxy groups -OCH3 is 1. The second-order valence-electron chi connectivity index (χ2n) is 4.66. The number of nitrogens with one attached hydrogen (secondary N) is 1. The van der Waals surface area contributed by atoms with E-state index in [1.54, 1.807) is 7.11 Å². The van der Waals surface area contributed by atoms with Crippen LogP contribution in [0.25, 0.3) is 0 Å².